The Hall–Kier alpha value is -3.36. The molecule has 174 valence electrons. The van der Waals surface area contributed by atoms with Gasteiger partial charge in [0.2, 0.25) is 11.7 Å². The van der Waals surface area contributed by atoms with Gasteiger partial charge in [0, 0.05) is 18.6 Å². The number of aromatic nitrogens is 4. The first-order valence-electron chi connectivity index (χ1n) is 10.9. The second-order valence-corrected chi connectivity index (χ2v) is 9.20. The minimum absolute atomic E-state index is 0.175. The third-order valence-corrected chi connectivity index (χ3v) is 6.69. The summed E-state index contributed by atoms with van der Waals surface area (Å²) in [5.74, 6) is -0.146. The lowest BCUT2D eigenvalue weighted by molar-refractivity contribution is -0.124. The van der Waals surface area contributed by atoms with Crippen molar-refractivity contribution in [1.82, 2.24) is 30.0 Å². The predicted molar refractivity (Wildman–Crippen MR) is 129 cm³/mol. The van der Waals surface area contributed by atoms with Crippen LogP contribution in [0.3, 0.4) is 0 Å². The number of aromatic amines is 1. The van der Waals surface area contributed by atoms with E-state index in [1.165, 1.54) is 6.07 Å². The van der Waals surface area contributed by atoms with Crippen molar-refractivity contribution in [3.05, 3.63) is 88.2 Å². The molecule has 0 spiro atoms. The van der Waals surface area contributed by atoms with Crippen molar-refractivity contribution in [2.24, 2.45) is 0 Å². The number of halogens is 2. The Bertz CT molecular complexity index is 1290. The average Bonchev–Trinajstić information content (AvgIpc) is 3.34. The van der Waals surface area contributed by atoms with Crippen LogP contribution in [0.5, 0.6) is 0 Å². The Morgan fingerprint density at radius 3 is 2.65 bits per heavy atom. The van der Waals surface area contributed by atoms with Gasteiger partial charge < -0.3 is 15.6 Å². The van der Waals surface area contributed by atoms with Gasteiger partial charge in [-0.05, 0) is 43.4 Å². The lowest BCUT2D eigenvalue weighted by Crippen LogP contribution is -2.50. The van der Waals surface area contributed by atoms with Gasteiger partial charge in [-0.3, -0.25) is 14.0 Å². The second kappa shape index (κ2) is 9.12. The van der Waals surface area contributed by atoms with Gasteiger partial charge in [-0.2, -0.15) is 0 Å². The van der Waals surface area contributed by atoms with Crippen molar-refractivity contribution in [1.29, 1.82) is 0 Å². The number of carbonyl (C=O) groups excluding carboxylic acids is 2. The number of H-pyrrole nitrogens is 1. The van der Waals surface area contributed by atoms with Crippen molar-refractivity contribution in [3.63, 3.8) is 0 Å². The number of amides is 2. The smallest absolute Gasteiger partial charge is 0.268 e. The van der Waals surface area contributed by atoms with E-state index in [1.54, 1.807) is 6.20 Å². The summed E-state index contributed by atoms with van der Waals surface area (Å²) in [6, 6.07) is 12.3. The topological polar surface area (TPSA) is 104 Å². The zero-order chi connectivity index (χ0) is 23.7. The van der Waals surface area contributed by atoms with Crippen LogP contribution in [0.15, 0.2) is 61.1 Å². The fraction of sp³-hybridized carbons (Fsp3) is 0.250. The lowest BCUT2D eigenvalue weighted by Gasteiger charge is -2.22. The van der Waals surface area contributed by atoms with Crippen LogP contribution in [0.2, 0.25) is 10.2 Å². The maximum atomic E-state index is 13.4. The highest BCUT2D eigenvalue weighted by molar-refractivity contribution is 6.41. The first-order chi connectivity index (χ1) is 16.4. The van der Waals surface area contributed by atoms with E-state index in [0.717, 1.165) is 24.1 Å². The molecule has 1 atom stereocenters. The SMILES string of the molecule is O=C(N[C@@H](CCc1ccccc1)C(=O)NC1(c2cn3cccnc3n2)CC1)c1cc(Cl)c(Cl)[nH]1. The fourth-order valence-electron chi connectivity index (χ4n) is 3.94. The molecule has 34 heavy (non-hydrogen) atoms. The van der Waals surface area contributed by atoms with Gasteiger partial charge >= 0.3 is 0 Å². The molecule has 1 saturated carbocycles. The van der Waals surface area contributed by atoms with Gasteiger partial charge in [0.25, 0.3) is 5.91 Å². The van der Waals surface area contributed by atoms with Crippen LogP contribution in [-0.4, -0.2) is 37.2 Å². The van der Waals surface area contributed by atoms with Crippen LogP contribution in [0.25, 0.3) is 5.78 Å². The minimum Gasteiger partial charge on any atom is -0.343 e. The molecular weight excluding hydrogens is 475 g/mol. The Labute approximate surface area is 205 Å². The molecule has 4 aromatic rings. The molecule has 8 nitrogen and oxygen atoms in total. The Kier molecular flexibility index (Phi) is 6.02. The predicted octanol–water partition coefficient (Wildman–Crippen LogP) is 3.90. The monoisotopic (exact) mass is 496 g/mol. The van der Waals surface area contributed by atoms with E-state index < -0.39 is 17.5 Å². The zero-order valence-electron chi connectivity index (χ0n) is 18.1. The molecule has 0 saturated heterocycles. The Morgan fingerprint density at radius 2 is 1.97 bits per heavy atom. The van der Waals surface area contributed by atoms with Crippen molar-refractivity contribution in [3.8, 4) is 0 Å². The van der Waals surface area contributed by atoms with Crippen molar-refractivity contribution < 1.29 is 9.59 Å². The number of benzene rings is 1. The third kappa shape index (κ3) is 4.64. The first-order valence-corrected chi connectivity index (χ1v) is 11.7. The molecule has 1 aliphatic rings. The number of nitrogens with zero attached hydrogens (tertiary/aromatic N) is 3. The van der Waals surface area contributed by atoms with Gasteiger partial charge in [-0.25, -0.2) is 9.97 Å². The third-order valence-electron chi connectivity index (χ3n) is 5.99. The van der Waals surface area contributed by atoms with Gasteiger partial charge in [-0.1, -0.05) is 53.5 Å². The van der Waals surface area contributed by atoms with E-state index in [4.69, 9.17) is 23.2 Å². The van der Waals surface area contributed by atoms with Crippen molar-refractivity contribution >= 4 is 40.8 Å². The molecule has 3 N–H and O–H groups in total. The molecule has 1 aliphatic carbocycles. The quantitative estimate of drug-likeness (QED) is 0.344. The van der Waals surface area contributed by atoms with E-state index >= 15 is 0 Å². The number of hydrogen-bond acceptors (Lipinski definition) is 4. The summed E-state index contributed by atoms with van der Waals surface area (Å²) in [7, 11) is 0. The summed E-state index contributed by atoms with van der Waals surface area (Å²) in [4.78, 5) is 37.8. The summed E-state index contributed by atoms with van der Waals surface area (Å²) < 4.78 is 1.83. The molecule has 3 heterocycles. The minimum atomic E-state index is -0.763. The van der Waals surface area contributed by atoms with Gasteiger partial charge in [0.15, 0.2) is 0 Å². The summed E-state index contributed by atoms with van der Waals surface area (Å²) in [6.07, 6.45) is 8.01. The highest BCUT2D eigenvalue weighted by Gasteiger charge is 2.48. The van der Waals surface area contributed by atoms with Crippen LogP contribution in [0.1, 0.15) is 41.0 Å². The van der Waals surface area contributed by atoms with Crippen LogP contribution in [0, 0.1) is 0 Å². The maximum absolute atomic E-state index is 13.4. The molecule has 1 fully saturated rings. The fourth-order valence-corrected chi connectivity index (χ4v) is 4.25. The standard InChI is InChI=1S/C24H22Cl2N6O2/c25-16-13-18(28-20(16)26)21(33)29-17(8-7-15-5-2-1-3-6-15)22(34)31-24(9-10-24)19-14-32-12-4-11-27-23(32)30-19/h1-6,11-14,17,28H,7-10H2,(H,29,33)(H,31,34)/t17-/m0/s1. The molecule has 0 bridgehead atoms. The van der Waals surface area contributed by atoms with Crippen LogP contribution >= 0.6 is 23.2 Å². The number of imidazole rings is 1. The molecule has 10 heteroatoms. The van der Waals surface area contributed by atoms with Crippen molar-refractivity contribution in [2.45, 2.75) is 37.3 Å². The van der Waals surface area contributed by atoms with Crippen LogP contribution < -0.4 is 10.6 Å². The highest BCUT2D eigenvalue weighted by atomic mass is 35.5. The second-order valence-electron chi connectivity index (χ2n) is 8.42. The lowest BCUT2D eigenvalue weighted by atomic mass is 10.0. The molecule has 0 aliphatic heterocycles. The van der Waals surface area contributed by atoms with E-state index in [-0.39, 0.29) is 21.8 Å². The van der Waals surface area contributed by atoms with Gasteiger partial charge in [0.05, 0.1) is 16.3 Å². The van der Waals surface area contributed by atoms with E-state index in [2.05, 4.69) is 25.6 Å². The van der Waals surface area contributed by atoms with E-state index in [9.17, 15) is 9.59 Å². The molecule has 5 rings (SSSR count). The van der Waals surface area contributed by atoms with E-state index in [0.29, 0.717) is 18.6 Å². The van der Waals surface area contributed by atoms with Crippen LogP contribution in [0.4, 0.5) is 0 Å². The number of fused-ring (bicyclic) bond motifs is 1. The molecule has 2 amide bonds. The molecule has 3 aromatic heterocycles. The zero-order valence-corrected chi connectivity index (χ0v) is 19.6. The normalized spacial score (nSPS) is 15.1. The summed E-state index contributed by atoms with van der Waals surface area (Å²) in [5, 5.41) is 6.39. The molecular formula is C24H22Cl2N6O2. The summed E-state index contributed by atoms with van der Waals surface area (Å²) >= 11 is 11.9. The molecule has 0 radical (unpaired) electrons. The molecule has 1 aromatic carbocycles. The maximum Gasteiger partial charge on any atom is 0.268 e. The van der Waals surface area contributed by atoms with Crippen LogP contribution in [-0.2, 0) is 16.8 Å². The van der Waals surface area contributed by atoms with E-state index in [1.807, 2.05) is 53.2 Å². The number of hydrogen-bond donors (Lipinski definition) is 3. The summed E-state index contributed by atoms with van der Waals surface area (Å²) in [5.41, 5.74) is 1.48. The Balaban J connectivity index is 1.34. The van der Waals surface area contributed by atoms with Gasteiger partial charge in [-0.15, -0.1) is 0 Å². The summed E-state index contributed by atoms with van der Waals surface area (Å²) in [6.45, 7) is 0. The van der Waals surface area contributed by atoms with Crippen molar-refractivity contribution in [2.75, 3.05) is 0 Å². The number of rotatable bonds is 8. The first kappa shape index (κ1) is 22.4. The number of nitrogens with one attached hydrogen (secondary N) is 3. The highest BCUT2D eigenvalue weighted by Crippen LogP contribution is 2.45. The largest absolute Gasteiger partial charge is 0.343 e. The number of aryl methyl sites for hydroxylation is 1. The van der Waals surface area contributed by atoms with Gasteiger partial charge in [0.1, 0.15) is 16.9 Å². The Morgan fingerprint density at radius 1 is 1.18 bits per heavy atom. The average molecular weight is 497 g/mol. The molecule has 0 unspecified atom stereocenters. The number of carbonyl (C=O) groups is 2.